The average molecular weight is 433 g/mol. The fraction of sp³-hybridized carbons (Fsp3) is 0.350. The average Bonchev–Trinajstić information content (AvgIpc) is 2.97. The first-order valence-electron chi connectivity index (χ1n) is 8.83. The van der Waals surface area contributed by atoms with E-state index in [0.717, 1.165) is 22.9 Å². The third-order valence-electron chi connectivity index (χ3n) is 4.25. The molecule has 0 fully saturated rings. The van der Waals surface area contributed by atoms with Crippen molar-refractivity contribution in [1.29, 1.82) is 0 Å². The van der Waals surface area contributed by atoms with Crippen molar-refractivity contribution in [2.75, 3.05) is 0 Å². The molecule has 7 heteroatoms. The summed E-state index contributed by atoms with van der Waals surface area (Å²) in [5.41, 5.74) is 5.33. The standard InChI is InChI=1S/C20H21BrN2O4/c1-11(2)26-20(25)18-12(3)17-15(5-4-6-16(17)27-18)22-23-19(24)13-7-9-14(21)10-8-13/h7-11H,4-6H2,1-3H3,(H,23,24)/b22-15+. The summed E-state index contributed by atoms with van der Waals surface area (Å²) in [4.78, 5) is 24.5. The molecule has 2 aromatic rings. The molecule has 0 atom stereocenters. The van der Waals surface area contributed by atoms with Gasteiger partial charge in [0.1, 0.15) is 5.76 Å². The number of rotatable bonds is 4. The second kappa shape index (κ2) is 8.08. The van der Waals surface area contributed by atoms with Gasteiger partial charge in [0, 0.05) is 27.6 Å². The van der Waals surface area contributed by atoms with E-state index in [4.69, 9.17) is 9.15 Å². The van der Waals surface area contributed by atoms with E-state index in [0.29, 0.717) is 29.0 Å². The van der Waals surface area contributed by atoms with Crippen LogP contribution < -0.4 is 5.43 Å². The lowest BCUT2D eigenvalue weighted by Crippen LogP contribution is -2.22. The van der Waals surface area contributed by atoms with E-state index in [1.165, 1.54) is 0 Å². The molecule has 1 N–H and O–H groups in total. The van der Waals surface area contributed by atoms with E-state index in [1.54, 1.807) is 38.1 Å². The van der Waals surface area contributed by atoms with E-state index >= 15 is 0 Å². The number of nitrogens with zero attached hydrogens (tertiary/aromatic N) is 1. The summed E-state index contributed by atoms with van der Waals surface area (Å²) in [6, 6.07) is 7.03. The normalized spacial score (nSPS) is 14.9. The minimum absolute atomic E-state index is 0.211. The Kier molecular flexibility index (Phi) is 5.79. The van der Waals surface area contributed by atoms with Gasteiger partial charge in [-0.3, -0.25) is 4.79 Å². The van der Waals surface area contributed by atoms with Crippen LogP contribution in [-0.2, 0) is 11.2 Å². The second-order valence-electron chi connectivity index (χ2n) is 6.67. The summed E-state index contributed by atoms with van der Waals surface area (Å²) >= 11 is 3.34. The first-order valence-corrected chi connectivity index (χ1v) is 9.62. The van der Waals surface area contributed by atoms with Crippen LogP contribution in [-0.4, -0.2) is 23.7 Å². The lowest BCUT2D eigenvalue weighted by atomic mass is 9.93. The highest BCUT2D eigenvalue weighted by Gasteiger charge is 2.29. The molecule has 1 aliphatic rings. The number of ether oxygens (including phenoxy) is 1. The number of hydrogen-bond acceptors (Lipinski definition) is 5. The van der Waals surface area contributed by atoms with Crippen molar-refractivity contribution >= 4 is 33.5 Å². The van der Waals surface area contributed by atoms with Crippen molar-refractivity contribution in [3.63, 3.8) is 0 Å². The fourth-order valence-electron chi connectivity index (χ4n) is 3.03. The summed E-state index contributed by atoms with van der Waals surface area (Å²) in [5, 5.41) is 4.31. The molecule has 0 saturated carbocycles. The van der Waals surface area contributed by atoms with Crippen LogP contribution >= 0.6 is 15.9 Å². The minimum Gasteiger partial charge on any atom is -0.457 e. The van der Waals surface area contributed by atoms with E-state index in [1.807, 2.05) is 6.92 Å². The third kappa shape index (κ3) is 4.30. The summed E-state index contributed by atoms with van der Waals surface area (Å²) in [5.74, 6) is 0.159. The third-order valence-corrected chi connectivity index (χ3v) is 4.78. The number of hydrazone groups is 1. The van der Waals surface area contributed by atoms with Gasteiger partial charge in [0.25, 0.3) is 5.91 Å². The van der Waals surface area contributed by atoms with E-state index in [2.05, 4.69) is 26.5 Å². The van der Waals surface area contributed by atoms with Crippen LogP contribution in [0.1, 0.15) is 64.5 Å². The zero-order chi connectivity index (χ0) is 19.6. The van der Waals surface area contributed by atoms with Crippen LogP contribution in [0.15, 0.2) is 38.3 Å². The quantitative estimate of drug-likeness (QED) is 0.573. The zero-order valence-electron chi connectivity index (χ0n) is 15.5. The van der Waals surface area contributed by atoms with Gasteiger partial charge in [0.15, 0.2) is 0 Å². The molecule has 1 heterocycles. The van der Waals surface area contributed by atoms with E-state index < -0.39 is 5.97 Å². The number of amides is 1. The van der Waals surface area contributed by atoms with Crippen LogP contribution in [0.3, 0.4) is 0 Å². The number of halogens is 1. The zero-order valence-corrected chi connectivity index (χ0v) is 17.1. The van der Waals surface area contributed by atoms with Gasteiger partial charge in [-0.2, -0.15) is 5.10 Å². The molecular formula is C20H21BrN2O4. The lowest BCUT2D eigenvalue weighted by Gasteiger charge is -2.13. The Bertz CT molecular complexity index is 897. The van der Waals surface area contributed by atoms with Crippen molar-refractivity contribution < 1.29 is 18.7 Å². The van der Waals surface area contributed by atoms with Crippen molar-refractivity contribution in [2.45, 2.75) is 46.1 Å². The number of hydrogen-bond donors (Lipinski definition) is 1. The van der Waals surface area contributed by atoms with Crippen LogP contribution in [0.2, 0.25) is 0 Å². The minimum atomic E-state index is -0.477. The number of carbonyl (C=O) groups excluding carboxylic acids is 2. The molecule has 0 spiro atoms. The molecule has 0 bridgehead atoms. The summed E-state index contributed by atoms with van der Waals surface area (Å²) < 4.78 is 11.9. The van der Waals surface area contributed by atoms with Gasteiger partial charge in [-0.15, -0.1) is 0 Å². The molecule has 1 aliphatic carbocycles. The number of esters is 1. The highest BCUT2D eigenvalue weighted by molar-refractivity contribution is 9.10. The van der Waals surface area contributed by atoms with Gasteiger partial charge >= 0.3 is 5.97 Å². The van der Waals surface area contributed by atoms with Gasteiger partial charge < -0.3 is 9.15 Å². The van der Waals surface area contributed by atoms with Gasteiger partial charge in [-0.25, -0.2) is 10.2 Å². The molecule has 1 aromatic carbocycles. The molecule has 27 heavy (non-hydrogen) atoms. The van der Waals surface area contributed by atoms with Crippen LogP contribution in [0.25, 0.3) is 0 Å². The molecule has 0 saturated heterocycles. The Labute approximate surface area is 166 Å². The predicted molar refractivity (Wildman–Crippen MR) is 105 cm³/mol. The Hall–Kier alpha value is -2.41. The molecule has 142 valence electrons. The van der Waals surface area contributed by atoms with Crippen LogP contribution in [0, 0.1) is 6.92 Å². The largest absolute Gasteiger partial charge is 0.457 e. The highest BCUT2D eigenvalue weighted by Crippen LogP contribution is 2.30. The van der Waals surface area contributed by atoms with Gasteiger partial charge in [-0.1, -0.05) is 15.9 Å². The van der Waals surface area contributed by atoms with Crippen molar-refractivity contribution in [2.24, 2.45) is 5.10 Å². The summed E-state index contributed by atoms with van der Waals surface area (Å²) in [6.45, 7) is 5.40. The molecule has 1 aromatic heterocycles. The number of furan rings is 1. The maximum atomic E-state index is 12.3. The molecule has 0 aliphatic heterocycles. The SMILES string of the molecule is Cc1c(C(=O)OC(C)C)oc2c1/C(=N/NC(=O)c1ccc(Br)cc1)CCC2. The first kappa shape index (κ1) is 19.4. The summed E-state index contributed by atoms with van der Waals surface area (Å²) in [6.07, 6.45) is 2.04. The van der Waals surface area contributed by atoms with Gasteiger partial charge in [0.05, 0.1) is 11.8 Å². The highest BCUT2D eigenvalue weighted by atomic mass is 79.9. The molecule has 3 rings (SSSR count). The predicted octanol–water partition coefficient (Wildman–Crippen LogP) is 4.39. The number of benzene rings is 1. The smallest absolute Gasteiger partial charge is 0.374 e. The second-order valence-corrected chi connectivity index (χ2v) is 7.58. The maximum absolute atomic E-state index is 12.3. The van der Waals surface area contributed by atoms with Crippen molar-refractivity contribution in [3.05, 3.63) is 56.9 Å². The number of fused-ring (bicyclic) bond motifs is 1. The Balaban J connectivity index is 1.84. The van der Waals surface area contributed by atoms with Gasteiger partial charge in [0.2, 0.25) is 5.76 Å². The monoisotopic (exact) mass is 432 g/mol. The molecule has 6 nitrogen and oxygen atoms in total. The Morgan fingerprint density at radius 1 is 1.22 bits per heavy atom. The Morgan fingerprint density at radius 2 is 1.93 bits per heavy atom. The molecule has 0 unspecified atom stereocenters. The molecule has 0 radical (unpaired) electrons. The number of carbonyl (C=O) groups is 2. The van der Waals surface area contributed by atoms with E-state index in [-0.39, 0.29) is 17.8 Å². The number of aryl methyl sites for hydroxylation is 1. The van der Waals surface area contributed by atoms with Crippen LogP contribution in [0.4, 0.5) is 0 Å². The lowest BCUT2D eigenvalue weighted by molar-refractivity contribution is 0.0338. The fourth-order valence-corrected chi connectivity index (χ4v) is 3.29. The topological polar surface area (TPSA) is 80.9 Å². The van der Waals surface area contributed by atoms with E-state index in [9.17, 15) is 9.59 Å². The first-order chi connectivity index (χ1) is 12.9. The maximum Gasteiger partial charge on any atom is 0.374 e. The van der Waals surface area contributed by atoms with Crippen LogP contribution in [0.5, 0.6) is 0 Å². The van der Waals surface area contributed by atoms with Crippen molar-refractivity contribution in [1.82, 2.24) is 5.43 Å². The Morgan fingerprint density at radius 3 is 2.59 bits per heavy atom. The number of nitrogens with one attached hydrogen (secondary N) is 1. The van der Waals surface area contributed by atoms with Crippen molar-refractivity contribution in [3.8, 4) is 0 Å². The van der Waals surface area contributed by atoms with Gasteiger partial charge in [-0.05, 0) is 57.9 Å². The molecular weight excluding hydrogens is 412 g/mol. The molecule has 1 amide bonds. The summed E-state index contributed by atoms with van der Waals surface area (Å²) in [7, 11) is 0.